The number of furan rings is 1. The Bertz CT molecular complexity index is 1470. The molecule has 1 aliphatic heterocycles. The molecule has 3 N–H and O–H groups in total. The predicted molar refractivity (Wildman–Crippen MR) is 158 cm³/mol. The van der Waals surface area contributed by atoms with Crippen LogP contribution in [0.4, 0.5) is 5.69 Å². The molecule has 1 fully saturated rings. The number of fused-ring (bicyclic) bond motifs is 1. The highest BCUT2D eigenvalue weighted by Gasteiger charge is 2.28. The molecule has 3 aromatic rings. The number of aliphatic imine (C=N–C) groups is 1. The van der Waals surface area contributed by atoms with Crippen LogP contribution in [0.1, 0.15) is 30.6 Å². The Morgan fingerprint density at radius 3 is 2.57 bits per heavy atom. The molecule has 0 bridgehead atoms. The van der Waals surface area contributed by atoms with E-state index in [1.807, 2.05) is 49.5 Å². The minimum absolute atomic E-state index is 0.0783. The van der Waals surface area contributed by atoms with Crippen molar-refractivity contribution < 1.29 is 28.2 Å². The molecule has 12 nitrogen and oxygen atoms in total. The molecule has 2 amide bonds. The number of nitriles is 1. The molecular formula is C30H36N6O6. The van der Waals surface area contributed by atoms with Crippen LogP contribution in [0.3, 0.4) is 0 Å². The van der Waals surface area contributed by atoms with Crippen molar-refractivity contribution in [2.75, 3.05) is 46.3 Å². The normalized spacial score (nSPS) is 15.5. The van der Waals surface area contributed by atoms with E-state index in [2.05, 4.69) is 20.9 Å². The number of ether oxygens (including phenoxy) is 3. The summed E-state index contributed by atoms with van der Waals surface area (Å²) in [5.41, 5.74) is 2.34. The molecule has 0 saturated carbocycles. The Labute approximate surface area is 244 Å². The van der Waals surface area contributed by atoms with E-state index in [0.29, 0.717) is 48.9 Å². The van der Waals surface area contributed by atoms with E-state index in [1.54, 1.807) is 21.3 Å². The van der Waals surface area contributed by atoms with Gasteiger partial charge in [0.1, 0.15) is 17.4 Å². The maximum absolute atomic E-state index is 13.4. The van der Waals surface area contributed by atoms with Gasteiger partial charge in [0.15, 0.2) is 17.7 Å². The largest absolute Gasteiger partial charge is 0.493 e. The lowest BCUT2D eigenvalue weighted by atomic mass is 10.1. The Morgan fingerprint density at radius 2 is 1.88 bits per heavy atom. The predicted octanol–water partition coefficient (Wildman–Crippen LogP) is 3.35. The fourth-order valence-electron chi connectivity index (χ4n) is 4.91. The van der Waals surface area contributed by atoms with Crippen molar-refractivity contribution in [3.05, 3.63) is 47.7 Å². The number of hydrogen-bond acceptors (Lipinski definition) is 8. The van der Waals surface area contributed by atoms with Crippen molar-refractivity contribution in [1.82, 2.24) is 15.5 Å². The molecular weight excluding hydrogens is 540 g/mol. The number of rotatable bonds is 10. The average Bonchev–Trinajstić information content (AvgIpc) is 3.27. The summed E-state index contributed by atoms with van der Waals surface area (Å²) < 4.78 is 21.8. The van der Waals surface area contributed by atoms with Gasteiger partial charge in [-0.3, -0.25) is 14.9 Å². The summed E-state index contributed by atoms with van der Waals surface area (Å²) in [7, 11) is 4.64. The van der Waals surface area contributed by atoms with Gasteiger partial charge in [-0.2, -0.15) is 5.26 Å². The molecule has 12 heteroatoms. The molecule has 2 heterocycles. The van der Waals surface area contributed by atoms with Crippen LogP contribution in [0.15, 0.2) is 45.8 Å². The lowest BCUT2D eigenvalue weighted by Crippen LogP contribution is -2.44. The van der Waals surface area contributed by atoms with Gasteiger partial charge in [0, 0.05) is 24.2 Å². The number of amides is 2. The zero-order valence-corrected chi connectivity index (χ0v) is 24.3. The van der Waals surface area contributed by atoms with Gasteiger partial charge < -0.3 is 34.2 Å². The zero-order valence-electron chi connectivity index (χ0n) is 24.3. The van der Waals surface area contributed by atoms with Gasteiger partial charge >= 0.3 is 0 Å². The zero-order chi connectivity index (χ0) is 30.1. The number of carbonyl (C=O) groups excluding carboxylic acids is 2. The molecule has 1 atom stereocenters. The van der Waals surface area contributed by atoms with Crippen molar-refractivity contribution in [3.8, 4) is 23.4 Å². The molecule has 1 aromatic heterocycles. The number of nitrogens with zero attached hydrogens (tertiary/aromatic N) is 3. The third-order valence-electron chi connectivity index (χ3n) is 6.91. The van der Waals surface area contributed by atoms with E-state index < -0.39 is 6.04 Å². The van der Waals surface area contributed by atoms with E-state index in [4.69, 9.17) is 18.6 Å². The third kappa shape index (κ3) is 7.42. The van der Waals surface area contributed by atoms with Crippen LogP contribution in [0, 0.1) is 18.4 Å². The monoisotopic (exact) mass is 576 g/mol. The SMILES string of the molecule is COc1cc(CCNC(=O)CN2CCCCC(N=C(NC#N)Nc3ccc4oc(C)cc4c3)C2=O)cc(OC)c1OC. The summed E-state index contributed by atoms with van der Waals surface area (Å²) in [4.78, 5) is 32.3. The van der Waals surface area contributed by atoms with Crippen molar-refractivity contribution in [2.24, 2.45) is 4.99 Å². The second-order valence-electron chi connectivity index (χ2n) is 9.85. The fraction of sp³-hybridized carbons (Fsp3) is 0.400. The summed E-state index contributed by atoms with van der Waals surface area (Å²) in [5.74, 6) is 2.01. The lowest BCUT2D eigenvalue weighted by Gasteiger charge is -2.22. The quantitative estimate of drug-likeness (QED) is 0.143. The van der Waals surface area contributed by atoms with Crippen LogP contribution in [0.25, 0.3) is 11.0 Å². The molecule has 1 unspecified atom stereocenters. The minimum Gasteiger partial charge on any atom is -0.493 e. The number of guanidine groups is 1. The van der Waals surface area contributed by atoms with Crippen LogP contribution in [0.5, 0.6) is 17.2 Å². The van der Waals surface area contributed by atoms with E-state index in [1.165, 1.54) is 4.90 Å². The van der Waals surface area contributed by atoms with E-state index in [0.717, 1.165) is 35.1 Å². The highest BCUT2D eigenvalue weighted by molar-refractivity contribution is 5.98. The number of hydrogen-bond donors (Lipinski definition) is 3. The Kier molecular flexibility index (Phi) is 10.1. The van der Waals surface area contributed by atoms with Crippen molar-refractivity contribution in [2.45, 2.75) is 38.6 Å². The van der Waals surface area contributed by atoms with E-state index >= 15 is 0 Å². The minimum atomic E-state index is -0.734. The van der Waals surface area contributed by atoms with E-state index in [9.17, 15) is 14.9 Å². The Morgan fingerprint density at radius 1 is 1.12 bits per heavy atom. The molecule has 0 spiro atoms. The van der Waals surface area contributed by atoms with Gasteiger partial charge in [-0.15, -0.1) is 0 Å². The molecule has 0 aliphatic carbocycles. The number of anilines is 1. The summed E-state index contributed by atoms with van der Waals surface area (Å²) in [6, 6.07) is 10.4. The van der Waals surface area contributed by atoms with Gasteiger partial charge in [-0.05, 0) is 74.6 Å². The van der Waals surface area contributed by atoms with Gasteiger partial charge in [0.25, 0.3) is 0 Å². The molecule has 1 aliphatic rings. The van der Waals surface area contributed by atoms with Crippen molar-refractivity contribution >= 4 is 34.4 Å². The molecule has 0 radical (unpaired) electrons. The van der Waals surface area contributed by atoms with Crippen molar-refractivity contribution in [1.29, 1.82) is 5.26 Å². The fourth-order valence-corrected chi connectivity index (χ4v) is 4.91. The molecule has 4 rings (SSSR count). The number of aryl methyl sites for hydroxylation is 1. The van der Waals surface area contributed by atoms with Crippen LogP contribution in [0.2, 0.25) is 0 Å². The van der Waals surface area contributed by atoms with Crippen LogP contribution >= 0.6 is 0 Å². The number of nitrogens with one attached hydrogen (secondary N) is 3. The number of benzene rings is 2. The topological polar surface area (TPSA) is 150 Å². The van der Waals surface area contributed by atoms with Crippen LogP contribution in [-0.4, -0.2) is 69.7 Å². The average molecular weight is 577 g/mol. The smallest absolute Gasteiger partial charge is 0.247 e. The highest BCUT2D eigenvalue weighted by Crippen LogP contribution is 2.38. The highest BCUT2D eigenvalue weighted by atomic mass is 16.5. The van der Waals surface area contributed by atoms with Gasteiger partial charge in [-0.25, -0.2) is 4.99 Å². The van der Waals surface area contributed by atoms with E-state index in [-0.39, 0.29) is 24.3 Å². The standard InChI is InChI=1S/C30H36N6O6/c1-19-13-21-16-22(8-9-24(21)42-19)34-30(33-18-31)35-23-7-5-6-12-36(29(23)38)17-27(37)32-11-10-20-14-25(39-2)28(41-4)26(15-20)40-3/h8-9,13-16,23H,5-7,10-12,17H2,1-4H3,(H,32,37)(H2,33,34,35). The second-order valence-corrected chi connectivity index (χ2v) is 9.85. The summed E-state index contributed by atoms with van der Waals surface area (Å²) in [6.07, 6.45) is 4.43. The van der Waals surface area contributed by atoms with Gasteiger partial charge in [0.2, 0.25) is 23.5 Å². The summed E-state index contributed by atoms with van der Waals surface area (Å²) in [6.45, 7) is 2.61. The molecule has 222 valence electrons. The summed E-state index contributed by atoms with van der Waals surface area (Å²) in [5, 5.41) is 18.7. The second kappa shape index (κ2) is 14.1. The van der Waals surface area contributed by atoms with Crippen LogP contribution < -0.4 is 30.2 Å². The number of likely N-dealkylation sites (tertiary alicyclic amines) is 1. The number of methoxy groups -OCH3 is 3. The Balaban J connectivity index is 1.38. The Hall–Kier alpha value is -4.92. The molecule has 1 saturated heterocycles. The first-order chi connectivity index (χ1) is 20.3. The first kappa shape index (κ1) is 30.0. The number of carbonyl (C=O) groups is 2. The van der Waals surface area contributed by atoms with Gasteiger partial charge in [0.05, 0.1) is 27.9 Å². The first-order valence-electron chi connectivity index (χ1n) is 13.7. The lowest BCUT2D eigenvalue weighted by molar-refractivity contribution is -0.136. The molecule has 42 heavy (non-hydrogen) atoms. The maximum Gasteiger partial charge on any atom is 0.247 e. The van der Waals surface area contributed by atoms with Gasteiger partial charge in [-0.1, -0.05) is 0 Å². The maximum atomic E-state index is 13.4. The van der Waals surface area contributed by atoms with Crippen LogP contribution in [-0.2, 0) is 16.0 Å². The third-order valence-corrected chi connectivity index (χ3v) is 6.91. The summed E-state index contributed by atoms with van der Waals surface area (Å²) >= 11 is 0. The molecule has 2 aromatic carbocycles. The first-order valence-corrected chi connectivity index (χ1v) is 13.7. The van der Waals surface area contributed by atoms with Crippen molar-refractivity contribution in [3.63, 3.8) is 0 Å².